The molecule has 0 amide bonds. The number of rotatable bonds is 19. The molecule has 0 unspecified atom stereocenters. The van der Waals surface area contributed by atoms with Crippen molar-refractivity contribution >= 4 is 33.8 Å². The van der Waals surface area contributed by atoms with Crippen LogP contribution in [0.4, 0.5) is 35.1 Å². The molecular formula is C64H60F8O4S2+2. The van der Waals surface area contributed by atoms with Crippen molar-refractivity contribution in [3.05, 3.63) is 255 Å². The molecule has 0 saturated heterocycles. The summed E-state index contributed by atoms with van der Waals surface area (Å²) in [5.74, 6) is -14.3. The van der Waals surface area contributed by atoms with Crippen molar-refractivity contribution in [2.45, 2.75) is 86.7 Å². The fourth-order valence-electron chi connectivity index (χ4n) is 7.04. The van der Waals surface area contributed by atoms with Gasteiger partial charge in [-0.2, -0.15) is 0 Å². The summed E-state index contributed by atoms with van der Waals surface area (Å²) in [6, 6.07) is 75.8. The highest BCUT2D eigenvalue weighted by atomic mass is 32.2. The van der Waals surface area contributed by atoms with Gasteiger partial charge in [0.2, 0.25) is 0 Å². The topological polar surface area (TPSA) is 44.8 Å². The van der Waals surface area contributed by atoms with E-state index in [0.717, 1.165) is 5.56 Å². The van der Waals surface area contributed by atoms with Crippen molar-refractivity contribution in [3.63, 3.8) is 0 Å². The van der Waals surface area contributed by atoms with Crippen LogP contribution in [0.3, 0.4) is 0 Å². The van der Waals surface area contributed by atoms with E-state index in [4.69, 9.17) is 14.2 Å². The molecule has 78 heavy (non-hydrogen) atoms. The van der Waals surface area contributed by atoms with Gasteiger partial charge in [-0.05, 0) is 136 Å². The summed E-state index contributed by atoms with van der Waals surface area (Å²) < 4.78 is 117. The third-order valence-corrected chi connectivity index (χ3v) is 14.9. The molecule has 0 atom stereocenters. The van der Waals surface area contributed by atoms with E-state index in [1.54, 1.807) is 18.2 Å². The zero-order valence-electron chi connectivity index (χ0n) is 43.2. The molecule has 4 nitrogen and oxygen atoms in total. The van der Waals surface area contributed by atoms with Crippen molar-refractivity contribution < 1.29 is 54.1 Å². The molecule has 0 saturated carbocycles. The van der Waals surface area contributed by atoms with Crippen LogP contribution in [0.15, 0.2) is 279 Å². The number of carbonyl (C=O) groups is 1. The van der Waals surface area contributed by atoms with Gasteiger partial charge in [0.15, 0.2) is 42.6 Å². The molecule has 0 N–H and O–H groups in total. The fraction of sp³-hybridized carbons (Fsp3) is 0.172. The SMILES string of the molecule is C=C(C)C(=O)Oc1ccc(OCC(F)(F)CC(C)(F)F)cc1.C=Cc1ccc(OCC(F)(F)CC(C)(F)F)cc1.c1ccc([S+](c2ccccc2)c2ccccc2)cc1.c1ccc([S+](c2ccccc2)c2ccccc2)cc1. The number of hydrogen-bond donors (Lipinski definition) is 0. The van der Waals surface area contributed by atoms with Crippen LogP contribution < -0.4 is 14.2 Å². The molecular weight excluding hydrogens is 1050 g/mol. The van der Waals surface area contributed by atoms with E-state index in [9.17, 15) is 39.9 Å². The summed E-state index contributed by atoms with van der Waals surface area (Å²) in [4.78, 5) is 19.4. The Kier molecular flexibility index (Phi) is 23.4. The highest BCUT2D eigenvalue weighted by Gasteiger charge is 2.42. The van der Waals surface area contributed by atoms with Crippen molar-refractivity contribution in [2.75, 3.05) is 13.2 Å². The number of ether oxygens (including phenoxy) is 3. The van der Waals surface area contributed by atoms with Crippen molar-refractivity contribution in [1.29, 1.82) is 0 Å². The predicted octanol–water partition coefficient (Wildman–Crippen LogP) is 18.2. The smallest absolute Gasteiger partial charge is 0.338 e. The van der Waals surface area contributed by atoms with Gasteiger partial charge >= 0.3 is 5.97 Å². The molecule has 0 aliphatic rings. The molecule has 8 aromatic carbocycles. The van der Waals surface area contributed by atoms with E-state index < -0.39 is 55.7 Å². The molecule has 0 radical (unpaired) electrons. The Balaban J connectivity index is 0.000000192. The van der Waals surface area contributed by atoms with Gasteiger partial charge in [0.1, 0.15) is 17.2 Å². The summed E-state index contributed by atoms with van der Waals surface area (Å²) in [6.45, 7) is 7.08. The number of hydrogen-bond acceptors (Lipinski definition) is 4. The molecule has 0 aliphatic carbocycles. The Morgan fingerprint density at radius 2 is 0.667 bits per heavy atom. The first-order chi connectivity index (χ1) is 37.1. The Morgan fingerprint density at radius 1 is 0.423 bits per heavy atom. The van der Waals surface area contributed by atoms with Gasteiger partial charge in [-0.1, -0.05) is 141 Å². The third-order valence-electron chi connectivity index (χ3n) is 10.4. The zero-order valence-corrected chi connectivity index (χ0v) is 44.9. The fourth-order valence-corrected chi connectivity index (χ4v) is 11.3. The number of carbonyl (C=O) groups excluding carboxylic acids is 1. The maximum Gasteiger partial charge on any atom is 0.338 e. The predicted molar refractivity (Wildman–Crippen MR) is 298 cm³/mol. The van der Waals surface area contributed by atoms with Crippen LogP contribution in [-0.4, -0.2) is 42.9 Å². The van der Waals surface area contributed by atoms with Crippen LogP contribution in [0, 0.1) is 0 Å². The Bertz CT molecular complexity index is 2690. The molecule has 0 aliphatic heterocycles. The second-order valence-corrected chi connectivity index (χ2v) is 21.7. The van der Waals surface area contributed by atoms with E-state index in [2.05, 4.69) is 195 Å². The maximum atomic E-state index is 13.3. The van der Waals surface area contributed by atoms with Gasteiger partial charge in [-0.25, -0.2) is 39.9 Å². The number of benzene rings is 8. The minimum Gasteiger partial charge on any atom is -0.487 e. The summed E-state index contributed by atoms with van der Waals surface area (Å²) in [5.41, 5.74) is 1.02. The maximum absolute atomic E-state index is 13.3. The second kappa shape index (κ2) is 29.8. The molecule has 406 valence electrons. The van der Waals surface area contributed by atoms with Crippen LogP contribution in [-0.2, 0) is 26.6 Å². The molecule has 0 bridgehead atoms. The van der Waals surface area contributed by atoms with Gasteiger partial charge in [-0.15, -0.1) is 0 Å². The van der Waals surface area contributed by atoms with Gasteiger partial charge in [0.25, 0.3) is 23.7 Å². The lowest BCUT2D eigenvalue weighted by Crippen LogP contribution is -2.32. The van der Waals surface area contributed by atoms with Crippen LogP contribution in [0.2, 0.25) is 0 Å². The van der Waals surface area contributed by atoms with Crippen LogP contribution in [0.25, 0.3) is 6.08 Å². The lowest BCUT2D eigenvalue weighted by molar-refractivity contribution is -0.130. The van der Waals surface area contributed by atoms with E-state index in [1.165, 1.54) is 72.7 Å². The lowest BCUT2D eigenvalue weighted by Gasteiger charge is -2.20. The molecule has 0 heterocycles. The van der Waals surface area contributed by atoms with Crippen molar-refractivity contribution in [3.8, 4) is 17.2 Å². The summed E-state index contributed by atoms with van der Waals surface area (Å²) in [7, 11) is -0.0293. The number of esters is 1. The summed E-state index contributed by atoms with van der Waals surface area (Å²) in [5, 5.41) is 0. The monoisotopic (exact) mass is 1110 g/mol. The van der Waals surface area contributed by atoms with Crippen LogP contribution in [0.5, 0.6) is 17.2 Å². The lowest BCUT2D eigenvalue weighted by atomic mass is 10.1. The number of alkyl halides is 8. The normalized spacial score (nSPS) is 11.3. The van der Waals surface area contributed by atoms with E-state index in [-0.39, 0.29) is 44.6 Å². The minimum absolute atomic E-state index is 0.0146. The van der Waals surface area contributed by atoms with Gasteiger partial charge in [-0.3, -0.25) is 0 Å². The van der Waals surface area contributed by atoms with E-state index >= 15 is 0 Å². The highest BCUT2D eigenvalue weighted by Crippen LogP contribution is 2.34. The van der Waals surface area contributed by atoms with Crippen molar-refractivity contribution in [1.82, 2.24) is 0 Å². The van der Waals surface area contributed by atoms with Crippen LogP contribution >= 0.6 is 0 Å². The molecule has 0 spiro atoms. The average Bonchev–Trinajstić information content (AvgIpc) is 3.47. The van der Waals surface area contributed by atoms with Gasteiger partial charge in [0, 0.05) is 5.57 Å². The van der Waals surface area contributed by atoms with Crippen LogP contribution in [0.1, 0.15) is 39.2 Å². The van der Waals surface area contributed by atoms with Gasteiger partial charge in [0.05, 0.1) is 34.6 Å². The average molecular weight is 1110 g/mol. The molecule has 8 rings (SSSR count). The first-order valence-electron chi connectivity index (χ1n) is 24.4. The summed E-state index contributed by atoms with van der Waals surface area (Å²) >= 11 is 0. The van der Waals surface area contributed by atoms with E-state index in [0.29, 0.717) is 13.8 Å². The quantitative estimate of drug-likeness (QED) is 0.0266. The third kappa shape index (κ3) is 22.2. The minimum atomic E-state index is -3.65. The highest BCUT2D eigenvalue weighted by molar-refractivity contribution is 7.97. The Morgan fingerprint density at radius 3 is 0.897 bits per heavy atom. The largest absolute Gasteiger partial charge is 0.487 e. The second-order valence-electron chi connectivity index (χ2n) is 17.7. The summed E-state index contributed by atoms with van der Waals surface area (Å²) in [6.07, 6.45) is -1.52. The first kappa shape index (κ1) is 61.3. The first-order valence-corrected chi connectivity index (χ1v) is 26.8. The standard InChI is InChI=1S/2C18H15S.C15H16F4O3.C13H14F4O/c2*1-4-10-16(11-5-1)19(17-12-6-2-7-13-17)18-14-8-3-9-15-18;1-10(2)13(20)22-12-6-4-11(5-7-12)21-9-15(18,19)8-14(3,16)17;1-3-10-4-6-11(7-5-10)18-9-13(16,17)8-12(2,14)15/h2*1-15H;4-7H,1,8-9H2,2-3H3;3-7H,1,8-9H2,2H3/q2*+1;;. The number of halogens is 8. The Hall–Kier alpha value is -7.55. The van der Waals surface area contributed by atoms with Crippen molar-refractivity contribution in [2.24, 2.45) is 0 Å². The molecule has 0 aromatic heterocycles. The molecule has 0 fully saturated rings. The zero-order chi connectivity index (χ0) is 56.6. The Labute approximate surface area is 457 Å². The van der Waals surface area contributed by atoms with E-state index in [1.807, 2.05) is 0 Å². The molecule has 8 aromatic rings. The van der Waals surface area contributed by atoms with Gasteiger partial charge < -0.3 is 14.2 Å². The molecule has 14 heteroatoms.